The van der Waals surface area contributed by atoms with Gasteiger partial charge in [-0.05, 0) is 42.8 Å². The molecule has 0 radical (unpaired) electrons. The quantitative estimate of drug-likeness (QED) is 0.632. The molecule has 1 aromatic heterocycles. The van der Waals surface area contributed by atoms with Crippen LogP contribution in [0, 0.1) is 0 Å². The number of hydrogen-bond acceptors (Lipinski definition) is 5. The summed E-state index contributed by atoms with van der Waals surface area (Å²) >= 11 is 0. The molecule has 26 heavy (non-hydrogen) atoms. The maximum absolute atomic E-state index is 12.6. The Kier molecular flexibility index (Phi) is 5.63. The van der Waals surface area contributed by atoms with E-state index in [1.807, 2.05) is 48.5 Å². The van der Waals surface area contributed by atoms with Crippen LogP contribution in [0.1, 0.15) is 30.3 Å². The highest BCUT2D eigenvalue weighted by Gasteiger charge is 2.16. The van der Waals surface area contributed by atoms with Crippen LogP contribution in [0.4, 0.5) is 11.5 Å². The van der Waals surface area contributed by atoms with Gasteiger partial charge in [-0.3, -0.25) is 4.79 Å². The van der Waals surface area contributed by atoms with Crippen molar-refractivity contribution in [3.05, 3.63) is 54.2 Å². The first-order valence-corrected chi connectivity index (χ1v) is 8.67. The molecule has 6 nitrogen and oxygen atoms in total. The molecule has 0 aliphatic heterocycles. The minimum atomic E-state index is -0.229. The number of para-hydroxylation sites is 2. The van der Waals surface area contributed by atoms with Gasteiger partial charge in [-0.2, -0.15) is 0 Å². The fourth-order valence-electron chi connectivity index (χ4n) is 2.52. The van der Waals surface area contributed by atoms with Crippen molar-refractivity contribution >= 4 is 28.4 Å². The van der Waals surface area contributed by atoms with Gasteiger partial charge in [0.2, 0.25) is 0 Å². The van der Waals surface area contributed by atoms with Crippen LogP contribution in [0.3, 0.4) is 0 Å². The zero-order chi connectivity index (χ0) is 18.4. The second kappa shape index (κ2) is 8.29. The minimum absolute atomic E-state index is 0.229. The topological polar surface area (TPSA) is 76.1 Å². The summed E-state index contributed by atoms with van der Waals surface area (Å²) in [5, 5.41) is 6.10. The number of nitrogens with one attached hydrogen (secondary N) is 2. The van der Waals surface area contributed by atoms with Crippen LogP contribution in [0.25, 0.3) is 11.0 Å². The van der Waals surface area contributed by atoms with E-state index in [2.05, 4.69) is 27.5 Å². The number of carbonyl (C=O) groups is 1. The van der Waals surface area contributed by atoms with Crippen LogP contribution >= 0.6 is 0 Å². The average Bonchev–Trinajstić information content (AvgIpc) is 2.68. The van der Waals surface area contributed by atoms with Gasteiger partial charge in [0.1, 0.15) is 5.75 Å². The highest BCUT2D eigenvalue weighted by atomic mass is 16.5. The first-order valence-electron chi connectivity index (χ1n) is 8.67. The molecule has 134 valence electrons. The Balaban J connectivity index is 1.94. The van der Waals surface area contributed by atoms with Gasteiger partial charge in [-0.25, -0.2) is 9.97 Å². The number of benzene rings is 2. The van der Waals surface area contributed by atoms with Crippen molar-refractivity contribution < 1.29 is 9.53 Å². The molecule has 1 heterocycles. The standard InChI is InChI=1S/C20H22N4O2/c1-3-4-13-21-20(25)18-19(22-14-9-11-15(26-2)12-10-14)24-17-8-6-5-7-16(17)23-18/h5-12H,3-4,13H2,1-2H3,(H,21,25)(H,22,24). The molecule has 0 bridgehead atoms. The van der Waals surface area contributed by atoms with Crippen molar-refractivity contribution in [2.45, 2.75) is 19.8 Å². The highest BCUT2D eigenvalue weighted by Crippen LogP contribution is 2.23. The number of nitrogens with zero attached hydrogens (tertiary/aromatic N) is 2. The SMILES string of the molecule is CCCCNC(=O)c1nc2ccccc2nc1Nc1ccc(OC)cc1. The van der Waals surface area contributed by atoms with Gasteiger partial charge in [-0.15, -0.1) is 0 Å². The van der Waals surface area contributed by atoms with E-state index >= 15 is 0 Å². The third-order valence-corrected chi connectivity index (χ3v) is 3.95. The van der Waals surface area contributed by atoms with Gasteiger partial charge < -0.3 is 15.4 Å². The predicted octanol–water partition coefficient (Wildman–Crippen LogP) is 3.91. The average molecular weight is 350 g/mol. The third-order valence-electron chi connectivity index (χ3n) is 3.95. The van der Waals surface area contributed by atoms with E-state index in [1.54, 1.807) is 7.11 Å². The maximum Gasteiger partial charge on any atom is 0.273 e. The molecular formula is C20H22N4O2. The van der Waals surface area contributed by atoms with Crippen LogP contribution < -0.4 is 15.4 Å². The summed E-state index contributed by atoms with van der Waals surface area (Å²) < 4.78 is 5.17. The molecule has 0 saturated carbocycles. The summed E-state index contributed by atoms with van der Waals surface area (Å²) in [6.45, 7) is 2.70. The van der Waals surface area contributed by atoms with Crippen LogP contribution in [0.2, 0.25) is 0 Å². The Hall–Kier alpha value is -3.15. The summed E-state index contributed by atoms with van der Waals surface area (Å²) in [4.78, 5) is 21.7. The number of amides is 1. The lowest BCUT2D eigenvalue weighted by atomic mass is 10.2. The zero-order valence-electron chi connectivity index (χ0n) is 15.0. The largest absolute Gasteiger partial charge is 0.497 e. The third kappa shape index (κ3) is 4.08. The molecule has 0 aliphatic rings. The fraction of sp³-hybridized carbons (Fsp3) is 0.250. The highest BCUT2D eigenvalue weighted by molar-refractivity contribution is 5.99. The Morgan fingerprint density at radius 3 is 2.38 bits per heavy atom. The molecule has 0 aliphatic carbocycles. The van der Waals surface area contributed by atoms with Crippen molar-refractivity contribution in [1.29, 1.82) is 0 Å². The lowest BCUT2D eigenvalue weighted by Gasteiger charge is -2.12. The van der Waals surface area contributed by atoms with E-state index < -0.39 is 0 Å². The molecular weight excluding hydrogens is 328 g/mol. The summed E-state index contributed by atoms with van der Waals surface area (Å²) in [7, 11) is 1.62. The van der Waals surface area contributed by atoms with E-state index in [0.717, 1.165) is 29.8 Å². The Morgan fingerprint density at radius 2 is 1.73 bits per heavy atom. The molecule has 0 spiro atoms. The normalized spacial score (nSPS) is 10.5. The molecule has 0 saturated heterocycles. The molecule has 1 amide bonds. The van der Waals surface area contributed by atoms with E-state index in [4.69, 9.17) is 4.74 Å². The number of methoxy groups -OCH3 is 1. The molecule has 2 aromatic carbocycles. The second-order valence-electron chi connectivity index (χ2n) is 5.87. The molecule has 3 aromatic rings. The monoisotopic (exact) mass is 350 g/mol. The molecule has 6 heteroatoms. The van der Waals surface area contributed by atoms with E-state index in [9.17, 15) is 4.79 Å². The number of aromatic nitrogens is 2. The second-order valence-corrected chi connectivity index (χ2v) is 5.87. The van der Waals surface area contributed by atoms with Crippen LogP contribution in [0.15, 0.2) is 48.5 Å². The van der Waals surface area contributed by atoms with Crippen LogP contribution in [-0.4, -0.2) is 29.5 Å². The van der Waals surface area contributed by atoms with Gasteiger partial charge in [0, 0.05) is 12.2 Å². The van der Waals surface area contributed by atoms with E-state index in [0.29, 0.717) is 17.9 Å². The summed E-state index contributed by atoms with van der Waals surface area (Å²) in [5.41, 5.74) is 2.51. The molecule has 0 atom stereocenters. The van der Waals surface area contributed by atoms with Gasteiger partial charge in [0.15, 0.2) is 11.5 Å². The first-order chi connectivity index (χ1) is 12.7. The smallest absolute Gasteiger partial charge is 0.273 e. The number of anilines is 2. The Labute approximate surface area is 152 Å². The summed E-state index contributed by atoms with van der Waals surface area (Å²) in [6.07, 6.45) is 1.94. The van der Waals surface area contributed by atoms with E-state index in [-0.39, 0.29) is 11.6 Å². The van der Waals surface area contributed by atoms with E-state index in [1.165, 1.54) is 0 Å². The predicted molar refractivity (Wildman–Crippen MR) is 103 cm³/mol. The summed E-state index contributed by atoms with van der Waals surface area (Å²) in [6, 6.07) is 14.9. The molecule has 0 unspecified atom stereocenters. The number of carbonyl (C=O) groups excluding carboxylic acids is 1. The van der Waals surface area contributed by atoms with Crippen molar-refractivity contribution in [1.82, 2.24) is 15.3 Å². The first kappa shape index (κ1) is 17.7. The maximum atomic E-state index is 12.6. The lowest BCUT2D eigenvalue weighted by Crippen LogP contribution is -2.26. The zero-order valence-corrected chi connectivity index (χ0v) is 15.0. The molecule has 0 fully saturated rings. The van der Waals surface area contributed by atoms with Crippen LogP contribution in [-0.2, 0) is 0 Å². The fourth-order valence-corrected chi connectivity index (χ4v) is 2.52. The van der Waals surface area contributed by atoms with Gasteiger partial charge in [0.25, 0.3) is 5.91 Å². The number of fused-ring (bicyclic) bond motifs is 1. The minimum Gasteiger partial charge on any atom is -0.497 e. The number of rotatable bonds is 7. The number of unbranched alkanes of at least 4 members (excludes halogenated alkanes) is 1. The Morgan fingerprint density at radius 1 is 1.04 bits per heavy atom. The van der Waals surface area contributed by atoms with Crippen molar-refractivity contribution in [2.24, 2.45) is 0 Å². The van der Waals surface area contributed by atoms with Crippen molar-refractivity contribution in [2.75, 3.05) is 19.0 Å². The number of hydrogen-bond donors (Lipinski definition) is 2. The van der Waals surface area contributed by atoms with Gasteiger partial charge >= 0.3 is 0 Å². The molecule has 3 rings (SSSR count). The Bertz CT molecular complexity index is 894. The summed E-state index contributed by atoms with van der Waals surface area (Å²) in [5.74, 6) is 0.966. The van der Waals surface area contributed by atoms with Crippen molar-refractivity contribution in [3.8, 4) is 5.75 Å². The number of ether oxygens (including phenoxy) is 1. The molecule has 2 N–H and O–H groups in total. The van der Waals surface area contributed by atoms with Gasteiger partial charge in [0.05, 0.1) is 18.1 Å². The van der Waals surface area contributed by atoms with Crippen LogP contribution in [0.5, 0.6) is 5.75 Å². The lowest BCUT2D eigenvalue weighted by molar-refractivity contribution is 0.0949. The van der Waals surface area contributed by atoms with Gasteiger partial charge in [-0.1, -0.05) is 25.5 Å². The van der Waals surface area contributed by atoms with Crippen molar-refractivity contribution in [3.63, 3.8) is 0 Å².